The molecule has 0 saturated heterocycles. The molecule has 1 aromatic carbocycles. The number of nitrogens with zero attached hydrogens (tertiary/aromatic N) is 3. The van der Waals surface area contributed by atoms with Crippen LogP contribution in [0, 0.1) is 13.8 Å². The smallest absolute Gasteiger partial charge is 0.270 e. The predicted molar refractivity (Wildman–Crippen MR) is 113 cm³/mol. The zero-order valence-electron chi connectivity index (χ0n) is 15.8. The van der Waals surface area contributed by atoms with E-state index < -0.39 is 0 Å². The molecule has 4 nitrogen and oxygen atoms in total. The molecule has 138 valence electrons. The summed E-state index contributed by atoms with van der Waals surface area (Å²) in [7, 11) is 0. The molecule has 0 N–H and O–H groups in total. The summed E-state index contributed by atoms with van der Waals surface area (Å²) >= 11 is 3.09. The average molecular weight is 388 g/mol. The van der Waals surface area contributed by atoms with E-state index in [4.69, 9.17) is 4.98 Å². The van der Waals surface area contributed by atoms with E-state index in [9.17, 15) is 4.79 Å². The molecule has 3 aromatic rings. The summed E-state index contributed by atoms with van der Waals surface area (Å²) in [4.78, 5) is 22.9. The van der Waals surface area contributed by atoms with Crippen LogP contribution in [0.1, 0.15) is 34.6 Å². The zero-order valence-corrected chi connectivity index (χ0v) is 17.4. The van der Waals surface area contributed by atoms with Gasteiger partial charge in [-0.05, 0) is 55.6 Å². The minimum absolute atomic E-state index is 0.0422. The monoisotopic (exact) mass is 387 g/mol. The Kier molecular flexibility index (Phi) is 6.06. The zero-order chi connectivity index (χ0) is 18.7. The SMILES string of the molecule is CCN(CC)CCN(C(=O)c1cccs1)c1nc2c(C)c(C)ccc2s1. The quantitative estimate of drug-likeness (QED) is 0.575. The van der Waals surface area contributed by atoms with Gasteiger partial charge < -0.3 is 4.90 Å². The summed E-state index contributed by atoms with van der Waals surface area (Å²) in [6.07, 6.45) is 0. The lowest BCUT2D eigenvalue weighted by Crippen LogP contribution is -2.38. The number of thiophene rings is 1. The number of carbonyl (C=O) groups excluding carboxylic acids is 1. The van der Waals surface area contributed by atoms with Gasteiger partial charge >= 0.3 is 0 Å². The van der Waals surface area contributed by atoms with Crippen molar-refractivity contribution in [1.29, 1.82) is 0 Å². The van der Waals surface area contributed by atoms with Crippen LogP contribution in [-0.4, -0.2) is 42.0 Å². The van der Waals surface area contributed by atoms with Crippen molar-refractivity contribution in [3.8, 4) is 0 Å². The van der Waals surface area contributed by atoms with Crippen LogP contribution in [0.15, 0.2) is 29.6 Å². The fourth-order valence-corrected chi connectivity index (χ4v) is 4.65. The van der Waals surface area contributed by atoms with Gasteiger partial charge in [0.2, 0.25) is 0 Å². The summed E-state index contributed by atoms with van der Waals surface area (Å²) in [6, 6.07) is 8.05. The van der Waals surface area contributed by atoms with Gasteiger partial charge in [0, 0.05) is 13.1 Å². The van der Waals surface area contributed by atoms with Crippen molar-refractivity contribution in [2.24, 2.45) is 0 Å². The number of benzene rings is 1. The predicted octanol–water partition coefficient (Wildman–Crippen LogP) is 4.96. The normalized spacial score (nSPS) is 11.4. The molecule has 0 unspecified atom stereocenters. The molecule has 3 rings (SSSR count). The van der Waals surface area contributed by atoms with Gasteiger partial charge in [-0.2, -0.15) is 0 Å². The number of amides is 1. The number of aromatic nitrogens is 1. The first-order chi connectivity index (χ1) is 12.5. The molecule has 0 radical (unpaired) electrons. The molecule has 0 spiro atoms. The van der Waals surface area contributed by atoms with Crippen molar-refractivity contribution in [1.82, 2.24) is 9.88 Å². The van der Waals surface area contributed by atoms with Crippen LogP contribution in [0.2, 0.25) is 0 Å². The number of likely N-dealkylation sites (N-methyl/N-ethyl adjacent to an activating group) is 1. The van der Waals surface area contributed by atoms with Gasteiger partial charge in [-0.1, -0.05) is 37.3 Å². The first kappa shape index (κ1) is 19.0. The van der Waals surface area contributed by atoms with Crippen LogP contribution in [0.4, 0.5) is 5.13 Å². The van der Waals surface area contributed by atoms with Crippen molar-refractivity contribution < 1.29 is 4.79 Å². The van der Waals surface area contributed by atoms with Gasteiger partial charge in [0.05, 0.1) is 15.1 Å². The number of aryl methyl sites for hydroxylation is 2. The summed E-state index contributed by atoms with van der Waals surface area (Å²) < 4.78 is 1.13. The Bertz CT molecular complexity index is 882. The molecule has 6 heteroatoms. The number of thiazole rings is 1. The first-order valence-corrected chi connectivity index (χ1v) is 10.7. The van der Waals surface area contributed by atoms with Gasteiger partial charge in [0.1, 0.15) is 0 Å². The minimum Gasteiger partial charge on any atom is -0.302 e. The second-order valence-corrected chi connectivity index (χ2v) is 8.27. The molecule has 0 aliphatic rings. The maximum atomic E-state index is 13.1. The number of rotatable bonds is 7. The Morgan fingerprint density at radius 1 is 1.12 bits per heavy atom. The van der Waals surface area contributed by atoms with Crippen LogP contribution in [0.3, 0.4) is 0 Å². The molecule has 0 saturated carbocycles. The van der Waals surface area contributed by atoms with Crippen molar-refractivity contribution >= 4 is 43.9 Å². The standard InChI is InChI=1S/C20H25N3OS2/c1-5-22(6-2)11-12-23(19(24)17-8-7-13-25-17)20-21-18-15(4)14(3)9-10-16(18)26-20/h7-10,13H,5-6,11-12H2,1-4H3. The molecule has 0 bridgehead atoms. The number of fused-ring (bicyclic) bond motifs is 1. The Balaban J connectivity index is 1.96. The summed E-state index contributed by atoms with van der Waals surface area (Å²) in [5.74, 6) is 0.0422. The topological polar surface area (TPSA) is 36.4 Å². The second kappa shape index (κ2) is 8.29. The number of carbonyl (C=O) groups is 1. The molecular weight excluding hydrogens is 362 g/mol. The van der Waals surface area contributed by atoms with Crippen molar-refractivity contribution in [2.45, 2.75) is 27.7 Å². The maximum absolute atomic E-state index is 13.1. The second-order valence-electron chi connectivity index (χ2n) is 6.31. The van der Waals surface area contributed by atoms with E-state index in [1.165, 1.54) is 22.5 Å². The average Bonchev–Trinajstić information content (AvgIpc) is 3.31. The number of hydrogen-bond acceptors (Lipinski definition) is 5. The third-order valence-electron chi connectivity index (χ3n) is 4.82. The lowest BCUT2D eigenvalue weighted by molar-refractivity contribution is 0.0987. The molecule has 2 aromatic heterocycles. The van der Waals surface area contributed by atoms with Crippen LogP contribution in [0.25, 0.3) is 10.2 Å². The minimum atomic E-state index is 0.0422. The van der Waals surface area contributed by atoms with E-state index in [1.54, 1.807) is 11.3 Å². The highest BCUT2D eigenvalue weighted by molar-refractivity contribution is 7.22. The lowest BCUT2D eigenvalue weighted by atomic mass is 10.1. The van der Waals surface area contributed by atoms with Gasteiger partial charge in [0.15, 0.2) is 5.13 Å². The molecule has 1 amide bonds. The first-order valence-electron chi connectivity index (χ1n) is 8.99. The van der Waals surface area contributed by atoms with Crippen LogP contribution in [0.5, 0.6) is 0 Å². The maximum Gasteiger partial charge on any atom is 0.270 e. The van der Waals surface area contributed by atoms with Crippen molar-refractivity contribution in [2.75, 3.05) is 31.1 Å². The van der Waals surface area contributed by atoms with E-state index in [0.29, 0.717) is 6.54 Å². The summed E-state index contributed by atoms with van der Waals surface area (Å²) in [6.45, 7) is 12.0. The van der Waals surface area contributed by atoms with Crippen molar-refractivity contribution in [3.63, 3.8) is 0 Å². The highest BCUT2D eigenvalue weighted by atomic mass is 32.1. The molecule has 0 fully saturated rings. The van der Waals surface area contributed by atoms with Crippen LogP contribution < -0.4 is 4.90 Å². The number of hydrogen-bond donors (Lipinski definition) is 0. The lowest BCUT2D eigenvalue weighted by Gasteiger charge is -2.24. The van der Waals surface area contributed by atoms with Crippen molar-refractivity contribution in [3.05, 3.63) is 45.6 Å². The fraction of sp³-hybridized carbons (Fsp3) is 0.400. The van der Waals surface area contributed by atoms with E-state index in [0.717, 1.165) is 39.9 Å². The largest absolute Gasteiger partial charge is 0.302 e. The highest BCUT2D eigenvalue weighted by Gasteiger charge is 2.23. The van der Waals surface area contributed by atoms with Crippen LogP contribution in [-0.2, 0) is 0 Å². The molecule has 0 aliphatic carbocycles. The Morgan fingerprint density at radius 3 is 2.54 bits per heavy atom. The third kappa shape index (κ3) is 3.82. The summed E-state index contributed by atoms with van der Waals surface area (Å²) in [5, 5.41) is 2.74. The van der Waals surface area contributed by atoms with Gasteiger partial charge in [0.25, 0.3) is 5.91 Å². The van der Waals surface area contributed by atoms with E-state index >= 15 is 0 Å². The van der Waals surface area contributed by atoms with E-state index in [-0.39, 0.29) is 5.91 Å². The van der Waals surface area contributed by atoms with E-state index in [1.807, 2.05) is 22.4 Å². The molecule has 0 aliphatic heterocycles. The van der Waals surface area contributed by atoms with E-state index in [2.05, 4.69) is 44.7 Å². The Labute approximate surface area is 163 Å². The number of anilines is 1. The molecule has 2 heterocycles. The molecule has 0 atom stereocenters. The fourth-order valence-electron chi connectivity index (χ4n) is 2.93. The van der Waals surface area contributed by atoms with Crippen LogP contribution >= 0.6 is 22.7 Å². The molecular formula is C20H25N3OS2. The van der Waals surface area contributed by atoms with Gasteiger partial charge in [-0.25, -0.2) is 4.98 Å². The summed E-state index contributed by atoms with van der Waals surface area (Å²) in [5.41, 5.74) is 3.43. The van der Waals surface area contributed by atoms with Gasteiger partial charge in [-0.15, -0.1) is 11.3 Å². The Morgan fingerprint density at radius 2 is 1.88 bits per heavy atom. The Hall–Kier alpha value is -1.76. The van der Waals surface area contributed by atoms with Gasteiger partial charge in [-0.3, -0.25) is 9.69 Å². The molecule has 26 heavy (non-hydrogen) atoms. The third-order valence-corrected chi connectivity index (χ3v) is 6.72. The highest BCUT2D eigenvalue weighted by Crippen LogP contribution is 2.32.